The molecular formula is C33H27BrN2O6S. The number of nitrogens with zero attached hydrogens (tertiary/aromatic N) is 2. The van der Waals surface area contributed by atoms with Crippen molar-refractivity contribution in [2.75, 3.05) is 11.5 Å². The highest BCUT2D eigenvalue weighted by molar-refractivity contribution is 9.10. The molecule has 1 saturated heterocycles. The van der Waals surface area contributed by atoms with Crippen LogP contribution in [0.15, 0.2) is 95.5 Å². The van der Waals surface area contributed by atoms with Crippen molar-refractivity contribution >= 4 is 55.8 Å². The third-order valence-electron chi connectivity index (χ3n) is 6.92. The molecule has 10 heteroatoms. The minimum absolute atomic E-state index is 0.0185. The van der Waals surface area contributed by atoms with E-state index in [-0.39, 0.29) is 27.9 Å². The Labute approximate surface area is 261 Å². The molecule has 4 aromatic rings. The number of hydrogen-bond acceptors (Lipinski definition) is 8. The minimum atomic E-state index is -0.993. The average Bonchev–Trinajstić information content (AvgIpc) is 3.52. The molecule has 1 fully saturated rings. The van der Waals surface area contributed by atoms with Gasteiger partial charge in [0.2, 0.25) is 0 Å². The topological polar surface area (TPSA) is 106 Å². The first-order valence-corrected chi connectivity index (χ1v) is 14.9. The lowest BCUT2D eigenvalue weighted by Crippen LogP contribution is -2.29. The Morgan fingerprint density at radius 1 is 1.07 bits per heavy atom. The quantitative estimate of drug-likeness (QED) is 0.0674. The molecular weight excluding hydrogens is 632 g/mol. The average molecular weight is 660 g/mol. The van der Waals surface area contributed by atoms with E-state index in [1.165, 1.54) is 11.0 Å². The number of aryl methyl sites for hydroxylation is 2. The second-order valence-corrected chi connectivity index (χ2v) is 11.7. The molecule has 8 nitrogen and oxygen atoms in total. The standard InChI is InChI=1S/C33H27BrN2O6S/c1-4-17-41-32(40)30-20(3)35-33(43-30)36-27(21-9-13-24(34)14-10-21)26(29(38)31(36)39)28(37)22-11-15-25(16-12-22)42-18-23-8-6-5-7-19(23)2/h4-16,27,37H,1,17-18H2,2-3H3/b28-26+. The molecule has 5 rings (SSSR count). The van der Waals surface area contributed by atoms with E-state index in [1.54, 1.807) is 55.5 Å². The van der Waals surface area contributed by atoms with Crippen molar-refractivity contribution in [3.8, 4) is 5.75 Å². The van der Waals surface area contributed by atoms with Gasteiger partial charge in [0, 0.05) is 10.0 Å². The Morgan fingerprint density at radius 3 is 2.44 bits per heavy atom. The summed E-state index contributed by atoms with van der Waals surface area (Å²) >= 11 is 4.36. The highest BCUT2D eigenvalue weighted by Gasteiger charge is 2.48. The van der Waals surface area contributed by atoms with Crippen LogP contribution >= 0.6 is 27.3 Å². The first-order valence-electron chi connectivity index (χ1n) is 13.3. The molecule has 3 aromatic carbocycles. The van der Waals surface area contributed by atoms with Gasteiger partial charge in [0.1, 0.15) is 29.6 Å². The summed E-state index contributed by atoms with van der Waals surface area (Å²) in [5.74, 6) is -2.10. The number of amides is 1. The van der Waals surface area contributed by atoms with Crippen LogP contribution in [0.2, 0.25) is 0 Å². The number of benzene rings is 3. The van der Waals surface area contributed by atoms with Gasteiger partial charge in [-0.25, -0.2) is 9.78 Å². The van der Waals surface area contributed by atoms with Crippen LogP contribution < -0.4 is 9.64 Å². The summed E-state index contributed by atoms with van der Waals surface area (Å²) in [5.41, 5.74) is 3.35. The van der Waals surface area contributed by atoms with Crippen LogP contribution in [0.4, 0.5) is 5.13 Å². The number of carbonyl (C=O) groups excluding carboxylic acids is 3. The summed E-state index contributed by atoms with van der Waals surface area (Å²) in [6.45, 7) is 7.58. The van der Waals surface area contributed by atoms with Crippen LogP contribution in [0.1, 0.15) is 43.7 Å². The van der Waals surface area contributed by atoms with Crippen molar-refractivity contribution < 1.29 is 29.0 Å². The highest BCUT2D eigenvalue weighted by Crippen LogP contribution is 2.44. The summed E-state index contributed by atoms with van der Waals surface area (Å²) in [6, 6.07) is 20.7. The molecule has 0 bridgehead atoms. The molecule has 0 spiro atoms. The van der Waals surface area contributed by atoms with Crippen molar-refractivity contribution in [2.24, 2.45) is 0 Å². The summed E-state index contributed by atoms with van der Waals surface area (Å²) in [4.78, 5) is 45.5. The number of ether oxygens (including phenoxy) is 2. The molecule has 218 valence electrons. The van der Waals surface area contributed by atoms with E-state index < -0.39 is 23.7 Å². The normalized spacial score (nSPS) is 15.9. The Hall–Kier alpha value is -4.54. The molecule has 0 aliphatic carbocycles. The van der Waals surface area contributed by atoms with Crippen LogP contribution in [0.5, 0.6) is 5.75 Å². The number of anilines is 1. The molecule has 1 aliphatic rings. The van der Waals surface area contributed by atoms with E-state index in [0.717, 1.165) is 26.9 Å². The maximum Gasteiger partial charge on any atom is 0.350 e. The number of carbonyl (C=O) groups is 3. The Kier molecular flexibility index (Phi) is 8.89. The largest absolute Gasteiger partial charge is 0.507 e. The fraction of sp³-hybridized carbons (Fsp3) is 0.152. The second kappa shape index (κ2) is 12.8. The van der Waals surface area contributed by atoms with Gasteiger partial charge in [0.15, 0.2) is 5.13 Å². The van der Waals surface area contributed by atoms with Gasteiger partial charge in [-0.1, -0.05) is 76.3 Å². The monoisotopic (exact) mass is 658 g/mol. The van der Waals surface area contributed by atoms with E-state index in [4.69, 9.17) is 9.47 Å². The Bertz CT molecular complexity index is 1740. The lowest BCUT2D eigenvalue weighted by atomic mass is 9.95. The van der Waals surface area contributed by atoms with Crippen molar-refractivity contribution in [3.05, 3.63) is 128 Å². The first kappa shape index (κ1) is 29.9. The molecule has 1 atom stereocenters. The van der Waals surface area contributed by atoms with Crippen LogP contribution in [0.3, 0.4) is 0 Å². The van der Waals surface area contributed by atoms with Crippen molar-refractivity contribution in [3.63, 3.8) is 0 Å². The van der Waals surface area contributed by atoms with Crippen molar-refractivity contribution in [1.82, 2.24) is 4.98 Å². The number of thiazole rings is 1. The molecule has 1 amide bonds. The zero-order valence-electron chi connectivity index (χ0n) is 23.4. The second-order valence-electron chi connectivity index (χ2n) is 9.76. The number of esters is 1. The summed E-state index contributed by atoms with van der Waals surface area (Å²) in [7, 11) is 0. The fourth-order valence-electron chi connectivity index (χ4n) is 4.66. The molecule has 1 unspecified atom stereocenters. The Morgan fingerprint density at radius 2 is 1.77 bits per heavy atom. The molecule has 1 aliphatic heterocycles. The molecule has 1 N–H and O–H groups in total. The summed E-state index contributed by atoms with van der Waals surface area (Å²) in [6.07, 6.45) is 1.45. The lowest BCUT2D eigenvalue weighted by molar-refractivity contribution is -0.132. The first-order chi connectivity index (χ1) is 20.7. The molecule has 0 saturated carbocycles. The third kappa shape index (κ3) is 6.16. The highest BCUT2D eigenvalue weighted by atomic mass is 79.9. The van der Waals surface area contributed by atoms with Crippen molar-refractivity contribution in [1.29, 1.82) is 0 Å². The predicted molar refractivity (Wildman–Crippen MR) is 168 cm³/mol. The van der Waals surface area contributed by atoms with Gasteiger partial charge in [-0.3, -0.25) is 14.5 Å². The van der Waals surface area contributed by atoms with Gasteiger partial charge in [-0.2, -0.15) is 0 Å². The fourth-order valence-corrected chi connectivity index (χ4v) is 5.91. The van der Waals surface area contributed by atoms with Gasteiger partial charge in [-0.15, -0.1) is 0 Å². The Balaban J connectivity index is 1.52. The number of aliphatic hydroxyl groups excluding tert-OH is 1. The number of halogens is 1. The van der Waals surface area contributed by atoms with Gasteiger partial charge >= 0.3 is 11.9 Å². The minimum Gasteiger partial charge on any atom is -0.507 e. The third-order valence-corrected chi connectivity index (χ3v) is 8.59. The van der Waals surface area contributed by atoms with E-state index in [9.17, 15) is 19.5 Å². The molecule has 43 heavy (non-hydrogen) atoms. The van der Waals surface area contributed by atoms with Gasteiger partial charge in [-0.05, 0) is 66.9 Å². The van der Waals surface area contributed by atoms with Gasteiger partial charge < -0.3 is 14.6 Å². The molecule has 0 radical (unpaired) electrons. The maximum absolute atomic E-state index is 13.5. The molecule has 2 heterocycles. The number of aromatic nitrogens is 1. The summed E-state index contributed by atoms with van der Waals surface area (Å²) < 4.78 is 11.9. The van der Waals surface area contributed by atoms with Crippen LogP contribution in [-0.4, -0.2) is 34.4 Å². The maximum atomic E-state index is 13.5. The van der Waals surface area contributed by atoms with E-state index in [0.29, 0.717) is 29.2 Å². The lowest BCUT2D eigenvalue weighted by Gasteiger charge is -2.23. The molecule has 1 aromatic heterocycles. The van der Waals surface area contributed by atoms with Crippen LogP contribution in [0, 0.1) is 13.8 Å². The van der Waals surface area contributed by atoms with Crippen molar-refractivity contribution in [2.45, 2.75) is 26.5 Å². The van der Waals surface area contributed by atoms with Gasteiger partial charge in [0.05, 0.1) is 17.3 Å². The number of Topliss-reactive ketones (excluding diaryl/α,β-unsaturated/α-hetero) is 1. The zero-order valence-corrected chi connectivity index (χ0v) is 25.8. The predicted octanol–water partition coefficient (Wildman–Crippen LogP) is 7.07. The van der Waals surface area contributed by atoms with Crippen LogP contribution in [0.25, 0.3) is 5.76 Å². The number of hydrogen-bond donors (Lipinski definition) is 1. The van der Waals surface area contributed by atoms with E-state index in [2.05, 4.69) is 27.5 Å². The SMILES string of the molecule is C=CCOC(=O)c1sc(N2C(=O)C(=O)/C(=C(/O)c3ccc(OCc4ccccc4C)cc3)C2c2ccc(Br)cc2)nc1C. The number of aliphatic hydroxyl groups is 1. The van der Waals surface area contributed by atoms with Gasteiger partial charge in [0.25, 0.3) is 5.78 Å². The smallest absolute Gasteiger partial charge is 0.350 e. The zero-order chi connectivity index (χ0) is 30.7. The van der Waals surface area contributed by atoms with E-state index in [1.807, 2.05) is 31.2 Å². The number of rotatable bonds is 9. The van der Waals surface area contributed by atoms with E-state index >= 15 is 0 Å². The summed E-state index contributed by atoms with van der Waals surface area (Å²) in [5, 5.41) is 11.6. The number of ketones is 1. The van der Waals surface area contributed by atoms with Crippen LogP contribution in [-0.2, 0) is 20.9 Å².